The van der Waals surface area contributed by atoms with Crippen molar-refractivity contribution in [3.8, 4) is 5.75 Å². The van der Waals surface area contributed by atoms with E-state index < -0.39 is 10.0 Å². The zero-order valence-electron chi connectivity index (χ0n) is 21.7. The largest absolute Gasteiger partial charge is 0.508 e. The predicted molar refractivity (Wildman–Crippen MR) is 151 cm³/mol. The third-order valence-electron chi connectivity index (χ3n) is 6.84. The normalized spacial score (nSPS) is 15.2. The number of phenolic OH excluding ortho intramolecular Hbond substituents is 1. The molecule has 0 spiro atoms. The SMILES string of the molecule is Cc1ccc(S(=O)(=O)n2cc(CN3CCN(CC(=O)NN=Cc4cccc(O)c4)CC3)c3ccccc32)cc1. The number of fused-ring (bicyclic) bond motifs is 1. The molecule has 0 unspecified atom stereocenters. The number of para-hydroxylation sites is 1. The number of hydrogen-bond donors (Lipinski definition) is 2. The van der Waals surface area contributed by atoms with E-state index in [9.17, 15) is 18.3 Å². The lowest BCUT2D eigenvalue weighted by Crippen LogP contribution is -2.48. The first-order chi connectivity index (χ1) is 18.8. The Morgan fingerprint density at radius 1 is 0.974 bits per heavy atom. The lowest BCUT2D eigenvalue weighted by atomic mass is 10.1. The number of hydrazone groups is 1. The van der Waals surface area contributed by atoms with Gasteiger partial charge in [0.05, 0.1) is 23.2 Å². The van der Waals surface area contributed by atoms with Crippen molar-refractivity contribution in [1.29, 1.82) is 0 Å². The van der Waals surface area contributed by atoms with Crippen molar-refractivity contribution < 1.29 is 18.3 Å². The number of amides is 1. The van der Waals surface area contributed by atoms with Crippen LogP contribution in [0.2, 0.25) is 0 Å². The van der Waals surface area contributed by atoms with E-state index in [1.807, 2.05) is 31.2 Å². The Bertz CT molecular complexity index is 1600. The van der Waals surface area contributed by atoms with Gasteiger partial charge in [-0.2, -0.15) is 5.10 Å². The first-order valence-electron chi connectivity index (χ1n) is 12.8. The molecule has 3 aromatic carbocycles. The van der Waals surface area contributed by atoms with E-state index in [1.165, 1.54) is 10.2 Å². The second-order valence-electron chi connectivity index (χ2n) is 9.73. The summed E-state index contributed by atoms with van der Waals surface area (Å²) in [5.41, 5.74) is 5.85. The molecule has 0 saturated carbocycles. The summed E-state index contributed by atoms with van der Waals surface area (Å²) in [5, 5.41) is 14.4. The number of aromatic hydroxyl groups is 1. The fourth-order valence-electron chi connectivity index (χ4n) is 4.74. The molecule has 1 saturated heterocycles. The van der Waals surface area contributed by atoms with Crippen molar-refractivity contribution in [1.82, 2.24) is 19.2 Å². The number of nitrogens with one attached hydrogen (secondary N) is 1. The van der Waals surface area contributed by atoms with Crippen LogP contribution in [0.3, 0.4) is 0 Å². The molecule has 1 aromatic heterocycles. The Morgan fingerprint density at radius 2 is 1.69 bits per heavy atom. The van der Waals surface area contributed by atoms with Gasteiger partial charge in [-0.3, -0.25) is 14.6 Å². The molecule has 9 nitrogen and oxygen atoms in total. The van der Waals surface area contributed by atoms with Gasteiger partial charge < -0.3 is 5.11 Å². The van der Waals surface area contributed by atoms with Crippen LogP contribution in [0.4, 0.5) is 0 Å². The summed E-state index contributed by atoms with van der Waals surface area (Å²) in [5.74, 6) is -0.0650. The zero-order valence-corrected chi connectivity index (χ0v) is 22.5. The van der Waals surface area contributed by atoms with Gasteiger partial charge in [0.2, 0.25) is 0 Å². The smallest absolute Gasteiger partial charge is 0.268 e. The Kier molecular flexibility index (Phi) is 7.78. The highest BCUT2D eigenvalue weighted by molar-refractivity contribution is 7.90. The molecule has 4 aromatic rings. The minimum absolute atomic E-state index is 0.139. The van der Waals surface area contributed by atoms with Crippen LogP contribution in [0.5, 0.6) is 5.75 Å². The Balaban J connectivity index is 1.20. The number of carbonyl (C=O) groups is 1. The monoisotopic (exact) mass is 545 g/mol. The molecule has 1 aliphatic heterocycles. The molecule has 0 radical (unpaired) electrons. The zero-order chi connectivity index (χ0) is 27.4. The number of phenols is 1. The summed E-state index contributed by atoms with van der Waals surface area (Å²) in [6.45, 7) is 5.71. The number of carbonyl (C=O) groups excluding carboxylic acids is 1. The molecule has 1 amide bonds. The van der Waals surface area contributed by atoms with Crippen LogP contribution in [-0.2, 0) is 21.4 Å². The van der Waals surface area contributed by atoms with Crippen LogP contribution in [0.1, 0.15) is 16.7 Å². The highest BCUT2D eigenvalue weighted by atomic mass is 32.2. The second-order valence-corrected chi connectivity index (χ2v) is 11.5. The summed E-state index contributed by atoms with van der Waals surface area (Å²) in [4.78, 5) is 16.9. The van der Waals surface area contributed by atoms with E-state index in [0.717, 1.165) is 29.6 Å². The van der Waals surface area contributed by atoms with Gasteiger partial charge in [0.25, 0.3) is 15.9 Å². The number of piperazine rings is 1. The van der Waals surface area contributed by atoms with Gasteiger partial charge in [0, 0.05) is 44.3 Å². The van der Waals surface area contributed by atoms with Crippen molar-refractivity contribution >= 4 is 33.0 Å². The summed E-state index contributed by atoms with van der Waals surface area (Å²) in [7, 11) is -3.73. The maximum Gasteiger partial charge on any atom is 0.268 e. The lowest BCUT2D eigenvalue weighted by molar-refractivity contribution is -0.122. The molecule has 0 bridgehead atoms. The van der Waals surface area contributed by atoms with E-state index in [-0.39, 0.29) is 23.1 Å². The summed E-state index contributed by atoms with van der Waals surface area (Å²) >= 11 is 0. The van der Waals surface area contributed by atoms with E-state index in [4.69, 9.17) is 0 Å². The number of rotatable bonds is 8. The first kappa shape index (κ1) is 26.6. The van der Waals surface area contributed by atoms with Crippen molar-refractivity contribution in [2.75, 3.05) is 32.7 Å². The Hall–Kier alpha value is -3.99. The fourth-order valence-corrected chi connectivity index (χ4v) is 6.13. The molecule has 2 N–H and O–H groups in total. The Morgan fingerprint density at radius 3 is 2.44 bits per heavy atom. The Labute approximate surface area is 228 Å². The van der Waals surface area contributed by atoms with Gasteiger partial charge >= 0.3 is 0 Å². The lowest BCUT2D eigenvalue weighted by Gasteiger charge is -2.34. The third-order valence-corrected chi connectivity index (χ3v) is 8.53. The molecule has 39 heavy (non-hydrogen) atoms. The summed E-state index contributed by atoms with van der Waals surface area (Å²) in [6.07, 6.45) is 3.23. The van der Waals surface area contributed by atoms with E-state index in [0.29, 0.717) is 30.7 Å². The molecule has 202 valence electrons. The molecule has 1 fully saturated rings. The number of hydrogen-bond acceptors (Lipinski definition) is 7. The van der Waals surface area contributed by atoms with Crippen LogP contribution in [0.15, 0.2) is 89.0 Å². The molecular formula is C29H31N5O4S. The molecule has 10 heteroatoms. The van der Waals surface area contributed by atoms with E-state index in [2.05, 4.69) is 20.3 Å². The predicted octanol–water partition coefficient (Wildman–Crippen LogP) is 3.16. The molecule has 1 aliphatic rings. The average molecular weight is 546 g/mol. The molecular weight excluding hydrogens is 514 g/mol. The van der Waals surface area contributed by atoms with Crippen molar-refractivity contribution in [2.24, 2.45) is 5.10 Å². The summed E-state index contributed by atoms with van der Waals surface area (Å²) in [6, 6.07) is 21.1. The molecule has 2 heterocycles. The van der Waals surface area contributed by atoms with Crippen LogP contribution < -0.4 is 5.43 Å². The third kappa shape index (κ3) is 6.19. The number of aromatic nitrogens is 1. The topological polar surface area (TPSA) is 107 Å². The van der Waals surface area contributed by atoms with Crippen LogP contribution in [-0.4, -0.2) is 72.1 Å². The quantitative estimate of drug-likeness (QED) is 0.260. The average Bonchev–Trinajstić information content (AvgIpc) is 3.29. The van der Waals surface area contributed by atoms with Gasteiger partial charge in [-0.1, -0.05) is 48.0 Å². The highest BCUT2D eigenvalue weighted by Crippen LogP contribution is 2.27. The number of benzene rings is 3. The van der Waals surface area contributed by atoms with Crippen molar-refractivity contribution in [3.63, 3.8) is 0 Å². The minimum Gasteiger partial charge on any atom is -0.508 e. The van der Waals surface area contributed by atoms with Gasteiger partial charge in [-0.25, -0.2) is 17.8 Å². The van der Waals surface area contributed by atoms with Crippen molar-refractivity contribution in [2.45, 2.75) is 18.4 Å². The number of aryl methyl sites for hydroxylation is 1. The minimum atomic E-state index is -3.73. The van der Waals surface area contributed by atoms with Crippen LogP contribution in [0, 0.1) is 6.92 Å². The van der Waals surface area contributed by atoms with E-state index >= 15 is 0 Å². The number of nitrogens with zero attached hydrogens (tertiary/aromatic N) is 4. The maximum absolute atomic E-state index is 13.5. The molecule has 0 aliphatic carbocycles. The van der Waals surface area contributed by atoms with Gasteiger partial charge in [0.15, 0.2) is 0 Å². The van der Waals surface area contributed by atoms with Crippen LogP contribution in [0.25, 0.3) is 10.9 Å². The van der Waals surface area contributed by atoms with Crippen LogP contribution >= 0.6 is 0 Å². The standard InChI is InChI=1S/C29H31N5O4S/c1-22-9-11-26(12-10-22)39(37,38)34-20-24(27-7-2-3-8-28(27)34)19-32-13-15-33(16-14-32)21-29(36)31-30-18-23-5-4-6-25(35)17-23/h2-12,17-18,20,35H,13-16,19,21H2,1H3,(H,31,36). The van der Waals surface area contributed by atoms with Gasteiger partial charge in [0.1, 0.15) is 5.75 Å². The highest BCUT2D eigenvalue weighted by Gasteiger charge is 2.24. The van der Waals surface area contributed by atoms with Crippen molar-refractivity contribution in [3.05, 3.63) is 95.7 Å². The molecule has 0 atom stereocenters. The molecule has 5 rings (SSSR count). The maximum atomic E-state index is 13.5. The van der Waals surface area contributed by atoms with Gasteiger partial charge in [-0.15, -0.1) is 0 Å². The second kappa shape index (κ2) is 11.4. The van der Waals surface area contributed by atoms with Gasteiger partial charge in [-0.05, 0) is 48.4 Å². The first-order valence-corrected chi connectivity index (χ1v) is 14.2. The fraction of sp³-hybridized carbons (Fsp3) is 0.241. The van der Waals surface area contributed by atoms with E-state index in [1.54, 1.807) is 54.7 Å². The summed E-state index contributed by atoms with van der Waals surface area (Å²) < 4.78 is 28.3.